The highest BCUT2D eigenvalue weighted by atomic mass is 16.7. The van der Waals surface area contributed by atoms with E-state index in [1.807, 2.05) is 68.4 Å². The fraction of sp³-hybridized carbons (Fsp3) is 0.845. The van der Waals surface area contributed by atoms with Gasteiger partial charge in [-0.1, -0.05) is 41.5 Å². The first-order valence-electron chi connectivity index (χ1n) is 28.2. The molecule has 2 heterocycles. The Hall–Kier alpha value is -4.25. The Kier molecular flexibility index (Phi) is 26.1. The summed E-state index contributed by atoms with van der Waals surface area (Å²) in [5, 5.41) is 70.3. The van der Waals surface area contributed by atoms with Gasteiger partial charge in [-0.15, -0.1) is 0 Å². The number of aliphatic hydroxyl groups is 4. The fourth-order valence-corrected chi connectivity index (χ4v) is 9.79. The molecule has 3 amide bonds. The molecule has 1 aliphatic carbocycles. The smallest absolute Gasteiger partial charge is 0.407 e. The first-order chi connectivity index (χ1) is 35.9. The Morgan fingerprint density at radius 2 is 1.38 bits per heavy atom. The van der Waals surface area contributed by atoms with Crippen LogP contribution in [0, 0.1) is 28.6 Å². The number of rotatable bonds is 21. The molecule has 4 unspecified atom stereocenters. The van der Waals surface area contributed by atoms with Gasteiger partial charge in [0.1, 0.15) is 52.1 Å². The SMILES string of the molecule is C=C(NCCCNCC1=CC[C@@H](NC(=O)CC(C)(C)C)[C@@H](C[C@@H]2C(NC(=O)OC(C)(C)C)C[C@@H](NC(=O)C(O)(CC)CC)[C@H](OC3OC[C@](C)(O)[C@H](C(C)C(=O)OC(C)(C)C)C3O)[C@H]2O)O1)OC(C)(C)C.CC(=N)OC(C)(C)C. The first kappa shape index (κ1) is 70.9. The molecule has 21 nitrogen and oxygen atoms in total. The van der Waals surface area contributed by atoms with Crippen molar-refractivity contribution >= 4 is 29.8 Å². The molecule has 3 rings (SSSR count). The van der Waals surface area contributed by atoms with Gasteiger partial charge in [0.05, 0.1) is 42.9 Å². The number of alkyl carbamates (subject to hydrolysis) is 1. The van der Waals surface area contributed by atoms with Gasteiger partial charge in [0, 0.05) is 37.8 Å². The number of hydrogen-bond acceptors (Lipinski definition) is 18. The van der Waals surface area contributed by atoms with Crippen LogP contribution >= 0.6 is 0 Å². The molecular formula is C58H106N6O15. The van der Waals surface area contributed by atoms with Crippen LogP contribution in [0.15, 0.2) is 24.3 Å². The molecular weight excluding hydrogens is 1020 g/mol. The van der Waals surface area contributed by atoms with E-state index in [-0.39, 0.29) is 67.1 Å². The molecule has 2 fully saturated rings. The molecule has 0 aromatic heterocycles. The van der Waals surface area contributed by atoms with E-state index in [2.05, 4.69) is 33.2 Å². The zero-order chi connectivity index (χ0) is 60.9. The summed E-state index contributed by atoms with van der Waals surface area (Å²) in [7, 11) is 0. The highest BCUT2D eigenvalue weighted by Gasteiger charge is 2.55. The molecule has 1 saturated carbocycles. The molecule has 21 heteroatoms. The van der Waals surface area contributed by atoms with Crippen LogP contribution in [0.4, 0.5) is 4.79 Å². The minimum Gasteiger partial charge on any atom is -0.492 e. The third-order valence-electron chi connectivity index (χ3n) is 13.3. The maximum absolute atomic E-state index is 14.0. The van der Waals surface area contributed by atoms with Crippen LogP contribution in [0.1, 0.15) is 183 Å². The van der Waals surface area contributed by atoms with Crippen LogP contribution in [0.2, 0.25) is 0 Å². The van der Waals surface area contributed by atoms with Crippen LogP contribution in [-0.2, 0) is 47.5 Å². The van der Waals surface area contributed by atoms with E-state index < -0.39 is 107 Å². The van der Waals surface area contributed by atoms with Crippen molar-refractivity contribution in [1.82, 2.24) is 26.6 Å². The normalized spacial score (nSPS) is 27.3. The molecule has 12 atom stereocenters. The summed E-state index contributed by atoms with van der Waals surface area (Å²) in [4.78, 5) is 54.6. The lowest BCUT2D eigenvalue weighted by Crippen LogP contribution is -2.67. The van der Waals surface area contributed by atoms with Gasteiger partial charge in [-0.05, 0) is 153 Å². The van der Waals surface area contributed by atoms with E-state index >= 15 is 0 Å². The van der Waals surface area contributed by atoms with Gasteiger partial charge in [-0.2, -0.15) is 0 Å². The predicted molar refractivity (Wildman–Crippen MR) is 302 cm³/mol. The summed E-state index contributed by atoms with van der Waals surface area (Å²) in [6.07, 6.45) is -4.32. The van der Waals surface area contributed by atoms with Crippen LogP contribution in [0.5, 0.6) is 0 Å². The zero-order valence-electron chi connectivity index (χ0n) is 51.7. The lowest BCUT2D eigenvalue weighted by Gasteiger charge is -2.50. The van der Waals surface area contributed by atoms with Crippen LogP contribution in [0.25, 0.3) is 0 Å². The zero-order valence-corrected chi connectivity index (χ0v) is 51.7. The number of nitrogens with one attached hydrogen (secondary N) is 6. The molecule has 0 radical (unpaired) electrons. The van der Waals surface area contributed by atoms with E-state index in [4.69, 9.17) is 38.6 Å². The maximum atomic E-state index is 14.0. The van der Waals surface area contributed by atoms with Crippen molar-refractivity contribution in [2.45, 2.75) is 266 Å². The van der Waals surface area contributed by atoms with Gasteiger partial charge in [0.2, 0.25) is 5.91 Å². The second-order valence-corrected chi connectivity index (χ2v) is 27.0. The van der Waals surface area contributed by atoms with Crippen molar-refractivity contribution in [3.8, 4) is 0 Å². The van der Waals surface area contributed by atoms with E-state index in [1.165, 1.54) is 13.8 Å². The van der Waals surface area contributed by atoms with E-state index in [0.29, 0.717) is 37.7 Å². The lowest BCUT2D eigenvalue weighted by atomic mass is 9.73. The molecule has 0 aromatic rings. The molecule has 458 valence electrons. The van der Waals surface area contributed by atoms with Gasteiger partial charge in [-0.3, -0.25) is 19.8 Å². The van der Waals surface area contributed by atoms with Gasteiger partial charge in [0.15, 0.2) is 18.1 Å². The molecule has 1 saturated heterocycles. The molecule has 0 spiro atoms. The Morgan fingerprint density at radius 1 is 0.810 bits per heavy atom. The largest absolute Gasteiger partial charge is 0.492 e. The average Bonchev–Trinajstić information content (AvgIpc) is 3.25. The standard InChI is InChI=1S/C52H93N5O14.C6H13NO/c1-18-52(65,19-2)45(62)56-36-26-35(57-46(63)71-50(14,15)16)33(40(59)42(36)68-44-41(60)39(51(17,64)29-66-44)30(3)43(61)70-49(11,12)13)25-37-34(55-38(58)27-47(5,6)7)22-21-32(67-37)28-53-23-20-24-54-31(4)69-48(8,9)10;1-5(7)8-6(2,3)4/h21,30,33-37,39-42,44,53-54,59-60,64-65H,4,18-20,22-29H2,1-3,5-17H3,(H,55,58)(H,56,62)(H,57,63);7H,1-4H3/t30?,33-,34-,35?,36-,37-,39-,40+,41?,42+,44?,51+;/m1./s1. The quantitative estimate of drug-likeness (QED) is 0.0196. The summed E-state index contributed by atoms with van der Waals surface area (Å²) in [6, 6.07) is -2.62. The minimum absolute atomic E-state index is 0.0364. The number of aliphatic hydroxyl groups excluding tert-OH is 2. The number of esters is 1. The van der Waals surface area contributed by atoms with Crippen LogP contribution in [0.3, 0.4) is 0 Å². The summed E-state index contributed by atoms with van der Waals surface area (Å²) in [5.41, 5.74) is -6.20. The average molecular weight is 1130 g/mol. The summed E-state index contributed by atoms with van der Waals surface area (Å²) in [5.74, 6) is -3.37. The summed E-state index contributed by atoms with van der Waals surface area (Å²) in [6.45, 7) is 40.8. The van der Waals surface area contributed by atoms with E-state index in [1.54, 1.807) is 62.3 Å². The van der Waals surface area contributed by atoms with Crippen molar-refractivity contribution in [3.63, 3.8) is 0 Å². The molecule has 79 heavy (non-hydrogen) atoms. The van der Waals surface area contributed by atoms with Crippen molar-refractivity contribution in [2.24, 2.45) is 23.2 Å². The second-order valence-electron chi connectivity index (χ2n) is 27.0. The van der Waals surface area contributed by atoms with Crippen molar-refractivity contribution in [1.29, 1.82) is 5.41 Å². The highest BCUT2D eigenvalue weighted by Crippen LogP contribution is 2.41. The maximum Gasteiger partial charge on any atom is 0.407 e. The Balaban J connectivity index is 0.00000246. The van der Waals surface area contributed by atoms with Crippen molar-refractivity contribution in [3.05, 3.63) is 24.3 Å². The molecule has 2 aliphatic heterocycles. The monoisotopic (exact) mass is 1130 g/mol. The second kappa shape index (κ2) is 29.1. The predicted octanol–water partition coefficient (Wildman–Crippen LogP) is 6.38. The van der Waals surface area contributed by atoms with E-state index in [9.17, 15) is 39.6 Å². The number of hydrogen-bond donors (Lipinski definition) is 10. The molecule has 10 N–H and O–H groups in total. The number of ether oxygens (including phenoxy) is 7. The topological polar surface area (TPSA) is 298 Å². The summed E-state index contributed by atoms with van der Waals surface area (Å²) < 4.78 is 41.4. The van der Waals surface area contributed by atoms with Crippen molar-refractivity contribution in [2.75, 3.05) is 26.2 Å². The number of carbonyl (C=O) groups is 4. The van der Waals surface area contributed by atoms with Crippen molar-refractivity contribution < 1.29 is 72.8 Å². The first-order valence-corrected chi connectivity index (χ1v) is 28.2. The number of carbonyl (C=O) groups excluding carboxylic acids is 4. The Labute approximate surface area is 472 Å². The van der Waals surface area contributed by atoms with Gasteiger partial charge in [0.25, 0.3) is 5.91 Å². The Bertz CT molecular complexity index is 2030. The minimum atomic E-state index is -1.80. The molecule has 0 bridgehead atoms. The van der Waals surface area contributed by atoms with Crippen LogP contribution < -0.4 is 26.6 Å². The lowest BCUT2D eigenvalue weighted by molar-refractivity contribution is -0.312. The fourth-order valence-electron chi connectivity index (χ4n) is 9.79. The molecule has 3 aliphatic rings. The van der Waals surface area contributed by atoms with Gasteiger partial charge >= 0.3 is 12.1 Å². The molecule has 0 aromatic carbocycles. The van der Waals surface area contributed by atoms with Crippen LogP contribution in [-0.4, -0.2) is 159 Å². The third kappa shape index (κ3) is 25.2. The number of amides is 3. The van der Waals surface area contributed by atoms with Gasteiger partial charge < -0.3 is 80.2 Å². The Morgan fingerprint density at radius 3 is 1.89 bits per heavy atom. The third-order valence-corrected chi connectivity index (χ3v) is 13.3. The van der Waals surface area contributed by atoms with Gasteiger partial charge in [-0.25, -0.2) is 4.79 Å². The van der Waals surface area contributed by atoms with E-state index in [0.717, 1.165) is 6.42 Å². The highest BCUT2D eigenvalue weighted by molar-refractivity contribution is 5.85. The summed E-state index contributed by atoms with van der Waals surface area (Å²) >= 11 is 0.